The number of aromatic nitrogens is 2. The van der Waals surface area contributed by atoms with Crippen LogP contribution >= 0.6 is 0 Å². The van der Waals surface area contributed by atoms with Gasteiger partial charge < -0.3 is 35.4 Å². The molecule has 1 aliphatic heterocycles. The van der Waals surface area contributed by atoms with Gasteiger partial charge in [-0.3, -0.25) is 24.1 Å². The van der Waals surface area contributed by atoms with Crippen LogP contribution in [0, 0.1) is 0 Å². The Balaban J connectivity index is 1.57. The van der Waals surface area contributed by atoms with E-state index in [-0.39, 0.29) is 57.2 Å². The standard InChI is InChI=1S/C29H37N7O9/c1-3-44-28(43)35-16-14-34(15-17-35)25(40)20(10-11-23(37)38)31-24(39)21-18-22(36(32-21)19-8-5-4-6-9-19)45-29(12-7-13-29)26(41)33(2)27(30)42/h4-6,8-9,18,20H,3,7,10-17H2,1-2H3,(H2,30,42)(H,31,39)(H,37,38)/t20-/m0/s1. The van der Waals surface area contributed by atoms with E-state index < -0.39 is 47.5 Å². The Labute approximate surface area is 259 Å². The highest BCUT2D eigenvalue weighted by molar-refractivity contribution is 5.99. The number of ether oxygens (including phenoxy) is 2. The molecule has 1 aromatic heterocycles. The average molecular weight is 628 g/mol. The fourth-order valence-electron chi connectivity index (χ4n) is 5.07. The molecule has 2 fully saturated rings. The SMILES string of the molecule is CCOC(=O)N1CCN(C(=O)[C@H](CCC(=O)O)NC(=O)c2cc(OC3(C(=O)N(C)C(N)=O)CCC3)n(-c3ccccc3)n2)CC1. The summed E-state index contributed by atoms with van der Waals surface area (Å²) < 4.78 is 12.5. The number of benzene rings is 1. The number of nitrogens with one attached hydrogen (secondary N) is 1. The quantitative estimate of drug-likeness (QED) is 0.322. The minimum absolute atomic E-state index is 0.0424. The lowest BCUT2D eigenvalue weighted by Gasteiger charge is -2.41. The lowest BCUT2D eigenvalue weighted by Crippen LogP contribution is -2.58. The molecule has 0 bridgehead atoms. The van der Waals surface area contributed by atoms with Crippen molar-refractivity contribution in [3.05, 3.63) is 42.1 Å². The van der Waals surface area contributed by atoms with Crippen LogP contribution in [-0.2, 0) is 19.1 Å². The van der Waals surface area contributed by atoms with Gasteiger partial charge in [0.15, 0.2) is 11.3 Å². The van der Waals surface area contributed by atoms with Gasteiger partial charge in [-0.25, -0.2) is 14.3 Å². The van der Waals surface area contributed by atoms with E-state index in [9.17, 15) is 33.9 Å². The molecule has 16 nitrogen and oxygen atoms in total. The van der Waals surface area contributed by atoms with Gasteiger partial charge in [0.2, 0.25) is 11.8 Å². The van der Waals surface area contributed by atoms with Gasteiger partial charge in [-0.05, 0) is 44.7 Å². The maximum atomic E-state index is 13.5. The number of aliphatic carboxylic acids is 1. The van der Waals surface area contributed by atoms with Crippen molar-refractivity contribution in [1.82, 2.24) is 29.8 Å². The number of urea groups is 1. The molecule has 16 heteroatoms. The number of imide groups is 1. The van der Waals surface area contributed by atoms with E-state index >= 15 is 0 Å². The molecule has 1 saturated carbocycles. The molecule has 0 radical (unpaired) electrons. The van der Waals surface area contributed by atoms with Gasteiger partial charge in [-0.15, -0.1) is 0 Å². The first-order chi connectivity index (χ1) is 21.5. The largest absolute Gasteiger partial charge is 0.481 e. The van der Waals surface area contributed by atoms with Crippen LogP contribution in [0.15, 0.2) is 36.4 Å². The number of hydrogen-bond acceptors (Lipinski definition) is 9. The van der Waals surface area contributed by atoms with Crippen LogP contribution in [0.1, 0.15) is 49.5 Å². The second kappa shape index (κ2) is 14.1. The monoisotopic (exact) mass is 627 g/mol. The van der Waals surface area contributed by atoms with Gasteiger partial charge >= 0.3 is 18.1 Å². The first-order valence-electron chi connectivity index (χ1n) is 14.6. The summed E-state index contributed by atoms with van der Waals surface area (Å²) in [6.07, 6.45) is 0.216. The number of nitrogens with zero attached hydrogens (tertiary/aromatic N) is 5. The van der Waals surface area contributed by atoms with Crippen molar-refractivity contribution < 1.29 is 43.3 Å². The third kappa shape index (κ3) is 7.50. The van der Waals surface area contributed by atoms with Gasteiger partial charge in [-0.2, -0.15) is 5.10 Å². The Morgan fingerprint density at radius 1 is 1.07 bits per heavy atom. The zero-order valence-electron chi connectivity index (χ0n) is 25.1. The molecule has 1 aliphatic carbocycles. The maximum absolute atomic E-state index is 13.5. The van der Waals surface area contributed by atoms with E-state index in [1.54, 1.807) is 37.3 Å². The number of carboxylic acid groups (broad SMARTS) is 1. The van der Waals surface area contributed by atoms with Gasteiger partial charge in [0.05, 0.1) is 12.3 Å². The minimum Gasteiger partial charge on any atom is -0.481 e. The highest BCUT2D eigenvalue weighted by atomic mass is 16.6. The molecular weight excluding hydrogens is 590 g/mol. The van der Waals surface area contributed by atoms with E-state index in [0.29, 0.717) is 24.9 Å². The van der Waals surface area contributed by atoms with Crippen molar-refractivity contribution in [2.45, 2.75) is 50.7 Å². The summed E-state index contributed by atoms with van der Waals surface area (Å²) in [5.41, 5.74) is 4.28. The average Bonchev–Trinajstić information content (AvgIpc) is 3.44. The molecule has 0 unspecified atom stereocenters. The van der Waals surface area contributed by atoms with Crippen LogP contribution < -0.4 is 15.8 Å². The number of carbonyl (C=O) groups excluding carboxylic acids is 5. The highest BCUT2D eigenvalue weighted by Gasteiger charge is 2.50. The predicted octanol–water partition coefficient (Wildman–Crippen LogP) is 0.975. The normalized spacial score (nSPS) is 16.1. The molecule has 1 aromatic carbocycles. The van der Waals surface area contributed by atoms with E-state index in [4.69, 9.17) is 15.2 Å². The fraction of sp³-hybridized carbons (Fsp3) is 0.483. The van der Waals surface area contributed by atoms with Crippen molar-refractivity contribution in [3.8, 4) is 11.6 Å². The molecule has 2 aliphatic rings. The van der Waals surface area contributed by atoms with Gasteiger partial charge in [0.25, 0.3) is 11.8 Å². The van der Waals surface area contributed by atoms with Crippen molar-refractivity contribution in [2.24, 2.45) is 5.73 Å². The summed E-state index contributed by atoms with van der Waals surface area (Å²) in [6.45, 7) is 2.70. The van der Waals surface area contributed by atoms with E-state index in [1.807, 2.05) is 0 Å². The number of rotatable bonds is 11. The number of carbonyl (C=O) groups is 6. The Hall–Kier alpha value is -5.15. The molecule has 1 saturated heterocycles. The number of hydrogen-bond donors (Lipinski definition) is 3. The Morgan fingerprint density at radius 2 is 1.71 bits per heavy atom. The van der Waals surface area contributed by atoms with Crippen LogP contribution in [0.25, 0.3) is 5.69 Å². The number of para-hydroxylation sites is 1. The molecule has 242 valence electrons. The van der Waals surface area contributed by atoms with E-state index in [0.717, 1.165) is 4.90 Å². The second-order valence-electron chi connectivity index (χ2n) is 10.7. The lowest BCUT2D eigenvalue weighted by atomic mass is 9.79. The Bertz CT molecular complexity index is 1430. The zero-order valence-corrected chi connectivity index (χ0v) is 25.1. The number of amides is 6. The highest BCUT2D eigenvalue weighted by Crippen LogP contribution is 2.39. The molecule has 45 heavy (non-hydrogen) atoms. The molecule has 1 atom stereocenters. The van der Waals surface area contributed by atoms with Gasteiger partial charge in [0, 0.05) is 45.7 Å². The van der Waals surface area contributed by atoms with Crippen LogP contribution in [-0.4, -0.2) is 117 Å². The number of piperazine rings is 1. The van der Waals surface area contributed by atoms with Crippen molar-refractivity contribution in [1.29, 1.82) is 0 Å². The summed E-state index contributed by atoms with van der Waals surface area (Å²) >= 11 is 0. The summed E-state index contributed by atoms with van der Waals surface area (Å²) in [7, 11) is 1.26. The molecule has 4 N–H and O–H groups in total. The minimum atomic E-state index is -1.39. The lowest BCUT2D eigenvalue weighted by molar-refractivity contribution is -0.152. The Morgan fingerprint density at radius 3 is 2.27 bits per heavy atom. The topological polar surface area (TPSA) is 207 Å². The molecule has 2 aromatic rings. The van der Waals surface area contributed by atoms with E-state index in [1.165, 1.54) is 27.6 Å². The number of carboxylic acids is 1. The van der Waals surface area contributed by atoms with Crippen molar-refractivity contribution >= 4 is 35.8 Å². The van der Waals surface area contributed by atoms with Crippen molar-refractivity contribution in [3.63, 3.8) is 0 Å². The summed E-state index contributed by atoms with van der Waals surface area (Å²) in [4.78, 5) is 78.9. The third-order valence-corrected chi connectivity index (χ3v) is 7.76. The third-order valence-electron chi connectivity index (χ3n) is 7.76. The summed E-state index contributed by atoms with van der Waals surface area (Å²) in [5.74, 6) is -3.00. The van der Waals surface area contributed by atoms with Gasteiger partial charge in [-0.1, -0.05) is 18.2 Å². The first-order valence-corrected chi connectivity index (χ1v) is 14.6. The Kier molecular flexibility index (Phi) is 10.3. The van der Waals surface area contributed by atoms with Crippen LogP contribution in [0.5, 0.6) is 5.88 Å². The zero-order chi connectivity index (χ0) is 32.7. The number of likely N-dealkylation sites (N-methyl/N-ethyl adjacent to an activating group) is 1. The molecule has 4 rings (SSSR count). The molecular formula is C29H37N7O9. The smallest absolute Gasteiger partial charge is 0.409 e. The van der Waals surface area contributed by atoms with E-state index in [2.05, 4.69) is 10.4 Å². The van der Waals surface area contributed by atoms with Gasteiger partial charge in [0.1, 0.15) is 6.04 Å². The summed E-state index contributed by atoms with van der Waals surface area (Å²) in [6, 6.07) is 7.87. The van der Waals surface area contributed by atoms with Crippen molar-refractivity contribution in [2.75, 3.05) is 39.8 Å². The molecule has 6 amide bonds. The number of primary amides is 1. The molecule has 2 heterocycles. The molecule has 0 spiro atoms. The number of nitrogens with two attached hydrogens (primary N) is 1. The second-order valence-corrected chi connectivity index (χ2v) is 10.7. The van der Waals surface area contributed by atoms with Crippen LogP contribution in [0.3, 0.4) is 0 Å². The maximum Gasteiger partial charge on any atom is 0.409 e. The summed E-state index contributed by atoms with van der Waals surface area (Å²) in [5, 5.41) is 16.3. The van der Waals surface area contributed by atoms with Crippen LogP contribution in [0.4, 0.5) is 9.59 Å². The fourth-order valence-corrected chi connectivity index (χ4v) is 5.07. The van der Waals surface area contributed by atoms with Crippen LogP contribution in [0.2, 0.25) is 0 Å². The first kappa shape index (κ1) is 32.8. The predicted molar refractivity (Wildman–Crippen MR) is 156 cm³/mol.